The summed E-state index contributed by atoms with van der Waals surface area (Å²) < 4.78 is 0. The molecule has 0 aromatic heterocycles. The lowest BCUT2D eigenvalue weighted by Gasteiger charge is -2.21. The van der Waals surface area contributed by atoms with Crippen LogP contribution in [-0.4, -0.2) is 23.9 Å². The van der Waals surface area contributed by atoms with Crippen molar-refractivity contribution in [2.24, 2.45) is 0 Å². The molecule has 144 valence electrons. The number of nitrogens with one attached hydrogen (secondary N) is 3. The lowest BCUT2D eigenvalue weighted by Crippen LogP contribution is -2.40. The first-order chi connectivity index (χ1) is 12.8. The molecule has 2 rings (SSSR count). The van der Waals surface area contributed by atoms with Gasteiger partial charge in [0.2, 0.25) is 5.91 Å². The predicted octanol–water partition coefficient (Wildman–Crippen LogP) is 4.22. The van der Waals surface area contributed by atoms with E-state index < -0.39 is 0 Å². The number of carbonyl (C=O) groups is 2. The van der Waals surface area contributed by atoms with Crippen LogP contribution in [0.5, 0.6) is 0 Å². The van der Waals surface area contributed by atoms with E-state index in [1.54, 1.807) is 18.2 Å². The number of benzene rings is 2. The molecular weight excluding hydrogens is 338 g/mol. The van der Waals surface area contributed by atoms with Crippen molar-refractivity contribution in [2.45, 2.75) is 46.1 Å². The van der Waals surface area contributed by atoms with Crippen LogP contribution in [0.15, 0.2) is 48.5 Å². The molecule has 2 amide bonds. The molecule has 2 aromatic rings. The van der Waals surface area contributed by atoms with Gasteiger partial charge < -0.3 is 16.0 Å². The van der Waals surface area contributed by atoms with Crippen LogP contribution in [0.1, 0.15) is 50.0 Å². The zero-order valence-electron chi connectivity index (χ0n) is 16.6. The largest absolute Gasteiger partial charge is 0.376 e. The van der Waals surface area contributed by atoms with Crippen molar-refractivity contribution in [2.75, 3.05) is 17.2 Å². The van der Waals surface area contributed by atoms with Crippen LogP contribution in [-0.2, 0) is 11.2 Å². The molecule has 0 spiro atoms. The van der Waals surface area contributed by atoms with Gasteiger partial charge in [-0.1, -0.05) is 37.6 Å². The summed E-state index contributed by atoms with van der Waals surface area (Å²) in [5.74, 6) is -0.332. The summed E-state index contributed by atoms with van der Waals surface area (Å²) in [4.78, 5) is 24.7. The van der Waals surface area contributed by atoms with Crippen LogP contribution >= 0.6 is 0 Å². The molecule has 3 N–H and O–H groups in total. The summed E-state index contributed by atoms with van der Waals surface area (Å²) >= 11 is 0. The first-order valence-electron chi connectivity index (χ1n) is 9.32. The van der Waals surface area contributed by atoms with E-state index in [0.717, 1.165) is 18.5 Å². The molecule has 0 aliphatic heterocycles. The average Bonchev–Trinajstić information content (AvgIpc) is 2.61. The molecule has 5 nitrogen and oxygen atoms in total. The maximum absolute atomic E-state index is 12.5. The molecular formula is C22H29N3O2. The predicted molar refractivity (Wildman–Crippen MR) is 111 cm³/mol. The first kappa shape index (κ1) is 20.5. The van der Waals surface area contributed by atoms with Crippen molar-refractivity contribution in [1.29, 1.82) is 0 Å². The van der Waals surface area contributed by atoms with Gasteiger partial charge in [0.15, 0.2) is 0 Å². The number of rotatable bonds is 7. The molecule has 0 heterocycles. The molecule has 2 aromatic carbocycles. The number of hydrogen-bond donors (Lipinski definition) is 3. The molecule has 0 bridgehead atoms. The van der Waals surface area contributed by atoms with Gasteiger partial charge in [-0.05, 0) is 57.0 Å². The molecule has 27 heavy (non-hydrogen) atoms. The Morgan fingerprint density at radius 1 is 0.963 bits per heavy atom. The van der Waals surface area contributed by atoms with Crippen molar-refractivity contribution in [3.05, 3.63) is 59.7 Å². The first-order valence-corrected chi connectivity index (χ1v) is 9.32. The standard InChI is InChI=1S/C22H29N3O2/c1-5-8-16-11-13-17(14-12-16)24-20(26)15-23-19-10-7-6-9-18(19)21(27)25-22(2,3)4/h6-7,9-14,23H,5,8,15H2,1-4H3,(H,24,26)(H,25,27). The molecule has 0 unspecified atom stereocenters. The summed E-state index contributed by atoms with van der Waals surface area (Å²) in [6.45, 7) is 8.01. The molecule has 0 aliphatic carbocycles. The van der Waals surface area contributed by atoms with Crippen LogP contribution in [0, 0.1) is 0 Å². The number of amides is 2. The number of carbonyl (C=O) groups excluding carboxylic acids is 2. The van der Waals surface area contributed by atoms with E-state index in [9.17, 15) is 9.59 Å². The summed E-state index contributed by atoms with van der Waals surface area (Å²) in [7, 11) is 0. The van der Waals surface area contributed by atoms with E-state index in [1.165, 1.54) is 5.56 Å². The van der Waals surface area contributed by atoms with Gasteiger partial charge >= 0.3 is 0 Å². The number of para-hydroxylation sites is 1. The second kappa shape index (κ2) is 9.21. The fraction of sp³-hybridized carbons (Fsp3) is 0.364. The van der Waals surface area contributed by atoms with Crippen LogP contribution in [0.4, 0.5) is 11.4 Å². The lowest BCUT2D eigenvalue weighted by atomic mass is 10.1. The highest BCUT2D eigenvalue weighted by Crippen LogP contribution is 2.16. The van der Waals surface area contributed by atoms with Gasteiger partial charge in [0.05, 0.1) is 12.1 Å². The second-order valence-corrected chi connectivity index (χ2v) is 7.60. The van der Waals surface area contributed by atoms with Gasteiger partial charge in [0, 0.05) is 16.9 Å². The van der Waals surface area contributed by atoms with Crippen LogP contribution in [0.3, 0.4) is 0 Å². The normalized spacial score (nSPS) is 11.0. The average molecular weight is 367 g/mol. The van der Waals surface area contributed by atoms with Crippen molar-refractivity contribution in [3.63, 3.8) is 0 Å². The zero-order valence-corrected chi connectivity index (χ0v) is 16.6. The zero-order chi connectivity index (χ0) is 19.9. The summed E-state index contributed by atoms with van der Waals surface area (Å²) in [5.41, 5.74) is 2.84. The van der Waals surface area contributed by atoms with Gasteiger partial charge in [-0.15, -0.1) is 0 Å². The third-order valence-corrected chi connectivity index (χ3v) is 3.88. The quantitative estimate of drug-likeness (QED) is 0.686. The Kier molecular flexibility index (Phi) is 6.99. The topological polar surface area (TPSA) is 70.2 Å². The maximum Gasteiger partial charge on any atom is 0.253 e. The highest BCUT2D eigenvalue weighted by Gasteiger charge is 2.17. The highest BCUT2D eigenvalue weighted by atomic mass is 16.2. The lowest BCUT2D eigenvalue weighted by molar-refractivity contribution is -0.114. The summed E-state index contributed by atoms with van der Waals surface area (Å²) in [6, 6.07) is 15.1. The van der Waals surface area contributed by atoms with Gasteiger partial charge in [-0.25, -0.2) is 0 Å². The highest BCUT2D eigenvalue weighted by molar-refractivity contribution is 6.01. The Morgan fingerprint density at radius 2 is 1.63 bits per heavy atom. The SMILES string of the molecule is CCCc1ccc(NC(=O)CNc2ccccc2C(=O)NC(C)(C)C)cc1. The van der Waals surface area contributed by atoms with Crippen molar-refractivity contribution in [3.8, 4) is 0 Å². The maximum atomic E-state index is 12.5. The minimum absolute atomic E-state index is 0.0799. The van der Waals surface area contributed by atoms with E-state index in [4.69, 9.17) is 0 Å². The third kappa shape index (κ3) is 6.77. The monoisotopic (exact) mass is 367 g/mol. The number of hydrogen-bond acceptors (Lipinski definition) is 3. The Balaban J connectivity index is 1.96. The Morgan fingerprint density at radius 3 is 2.26 bits per heavy atom. The molecule has 0 aliphatic rings. The van der Waals surface area contributed by atoms with Crippen molar-refractivity contribution in [1.82, 2.24) is 5.32 Å². The Labute approximate surface area is 161 Å². The van der Waals surface area contributed by atoms with Gasteiger partial charge in [-0.2, -0.15) is 0 Å². The fourth-order valence-corrected chi connectivity index (χ4v) is 2.67. The van der Waals surface area contributed by atoms with Crippen molar-refractivity contribution < 1.29 is 9.59 Å². The molecule has 0 fully saturated rings. The third-order valence-electron chi connectivity index (χ3n) is 3.88. The van der Waals surface area contributed by atoms with Crippen LogP contribution < -0.4 is 16.0 Å². The summed E-state index contributed by atoms with van der Waals surface area (Å²) in [5, 5.41) is 8.86. The van der Waals surface area contributed by atoms with E-state index in [2.05, 4.69) is 22.9 Å². The van der Waals surface area contributed by atoms with E-state index in [0.29, 0.717) is 11.3 Å². The molecule has 0 radical (unpaired) electrons. The molecule has 0 saturated carbocycles. The summed E-state index contributed by atoms with van der Waals surface area (Å²) in [6.07, 6.45) is 2.13. The Bertz CT molecular complexity index is 777. The van der Waals surface area contributed by atoms with Crippen LogP contribution in [0.25, 0.3) is 0 Å². The van der Waals surface area contributed by atoms with Gasteiger partial charge in [0.25, 0.3) is 5.91 Å². The van der Waals surface area contributed by atoms with Crippen LogP contribution in [0.2, 0.25) is 0 Å². The molecule has 0 atom stereocenters. The smallest absolute Gasteiger partial charge is 0.253 e. The fourth-order valence-electron chi connectivity index (χ4n) is 2.67. The number of aryl methyl sites for hydroxylation is 1. The van der Waals surface area contributed by atoms with Gasteiger partial charge in [-0.3, -0.25) is 9.59 Å². The van der Waals surface area contributed by atoms with Crippen molar-refractivity contribution >= 4 is 23.2 Å². The van der Waals surface area contributed by atoms with Gasteiger partial charge in [0.1, 0.15) is 0 Å². The Hall–Kier alpha value is -2.82. The number of anilines is 2. The second-order valence-electron chi connectivity index (χ2n) is 7.60. The molecule has 5 heteroatoms. The molecule has 0 saturated heterocycles. The minimum Gasteiger partial charge on any atom is -0.376 e. The van der Waals surface area contributed by atoms with E-state index >= 15 is 0 Å². The van der Waals surface area contributed by atoms with E-state index in [1.807, 2.05) is 51.1 Å². The minimum atomic E-state index is -0.328. The van der Waals surface area contributed by atoms with E-state index in [-0.39, 0.29) is 23.9 Å².